The van der Waals surface area contributed by atoms with Gasteiger partial charge in [0.25, 0.3) is 0 Å². The van der Waals surface area contributed by atoms with Crippen molar-refractivity contribution in [3.05, 3.63) is 0 Å². The minimum absolute atomic E-state index is 0.321. The molecule has 1 aliphatic rings. The molecule has 78 valence electrons. The van der Waals surface area contributed by atoms with Crippen LogP contribution in [0.4, 0.5) is 0 Å². The fourth-order valence-corrected chi connectivity index (χ4v) is 2.35. The van der Waals surface area contributed by atoms with E-state index in [4.69, 9.17) is 5.73 Å². The Kier molecular flexibility index (Phi) is 4.74. The predicted molar refractivity (Wildman–Crippen MR) is 57.8 cm³/mol. The van der Waals surface area contributed by atoms with Gasteiger partial charge in [-0.05, 0) is 26.3 Å². The van der Waals surface area contributed by atoms with Gasteiger partial charge in [0.1, 0.15) is 0 Å². The fraction of sp³-hybridized carbons (Fsp3) is 1.00. The summed E-state index contributed by atoms with van der Waals surface area (Å²) >= 11 is 0. The van der Waals surface area contributed by atoms with Crippen LogP contribution in [0.1, 0.15) is 46.0 Å². The van der Waals surface area contributed by atoms with Crippen molar-refractivity contribution < 1.29 is 0 Å². The lowest BCUT2D eigenvalue weighted by molar-refractivity contribution is 0.157. The number of nitrogens with zero attached hydrogens (tertiary/aromatic N) is 1. The minimum atomic E-state index is 0.321. The van der Waals surface area contributed by atoms with Crippen molar-refractivity contribution in [3.8, 4) is 0 Å². The highest BCUT2D eigenvalue weighted by Crippen LogP contribution is 2.22. The Labute approximate surface area is 82.5 Å². The third-order valence-electron chi connectivity index (χ3n) is 3.02. The first-order chi connectivity index (χ1) is 6.24. The summed E-state index contributed by atoms with van der Waals surface area (Å²) in [6.07, 6.45) is 7.05. The maximum absolute atomic E-state index is 5.83. The molecular formula is C11H24N2. The first-order valence-corrected chi connectivity index (χ1v) is 5.73. The molecule has 1 fully saturated rings. The van der Waals surface area contributed by atoms with E-state index in [0.29, 0.717) is 6.04 Å². The number of nitrogens with two attached hydrogens (primary N) is 1. The van der Waals surface area contributed by atoms with Crippen molar-refractivity contribution in [2.75, 3.05) is 13.1 Å². The largest absolute Gasteiger partial charge is 0.327 e. The Morgan fingerprint density at radius 1 is 1.31 bits per heavy atom. The first kappa shape index (κ1) is 11.0. The molecule has 0 aliphatic heterocycles. The minimum Gasteiger partial charge on any atom is -0.327 e. The van der Waals surface area contributed by atoms with E-state index in [1.165, 1.54) is 32.1 Å². The van der Waals surface area contributed by atoms with Crippen LogP contribution in [0.5, 0.6) is 0 Å². The molecule has 0 aromatic heterocycles. The molecule has 1 atom stereocenters. The van der Waals surface area contributed by atoms with E-state index in [2.05, 4.69) is 18.7 Å². The molecular weight excluding hydrogens is 160 g/mol. The van der Waals surface area contributed by atoms with Gasteiger partial charge in [-0.25, -0.2) is 0 Å². The highest BCUT2D eigenvalue weighted by atomic mass is 15.2. The second-order valence-electron chi connectivity index (χ2n) is 4.36. The topological polar surface area (TPSA) is 29.3 Å². The van der Waals surface area contributed by atoms with E-state index in [-0.39, 0.29) is 0 Å². The molecule has 0 bridgehead atoms. The zero-order chi connectivity index (χ0) is 9.68. The molecule has 0 aromatic carbocycles. The molecule has 0 saturated heterocycles. The summed E-state index contributed by atoms with van der Waals surface area (Å²) in [5.74, 6) is 0. The van der Waals surface area contributed by atoms with Gasteiger partial charge in [-0.3, -0.25) is 4.90 Å². The highest BCUT2D eigenvalue weighted by Gasteiger charge is 2.19. The van der Waals surface area contributed by atoms with Crippen LogP contribution >= 0.6 is 0 Å². The van der Waals surface area contributed by atoms with Gasteiger partial charge in [0, 0.05) is 18.6 Å². The van der Waals surface area contributed by atoms with E-state index < -0.39 is 0 Å². The number of rotatable bonds is 4. The van der Waals surface area contributed by atoms with E-state index in [1.54, 1.807) is 0 Å². The number of hydrogen-bond donors (Lipinski definition) is 1. The molecule has 0 unspecified atom stereocenters. The van der Waals surface area contributed by atoms with Gasteiger partial charge in [0.15, 0.2) is 0 Å². The Bertz CT molecular complexity index is 128. The summed E-state index contributed by atoms with van der Waals surface area (Å²) in [6, 6.07) is 1.15. The van der Waals surface area contributed by atoms with Crippen LogP contribution in [0, 0.1) is 0 Å². The molecule has 2 N–H and O–H groups in total. The monoisotopic (exact) mass is 184 g/mol. The SMILES string of the molecule is CCN(C[C@@H](C)N)C1CCCCC1. The molecule has 1 saturated carbocycles. The van der Waals surface area contributed by atoms with Gasteiger partial charge >= 0.3 is 0 Å². The average molecular weight is 184 g/mol. The molecule has 13 heavy (non-hydrogen) atoms. The average Bonchev–Trinajstić information content (AvgIpc) is 2.15. The van der Waals surface area contributed by atoms with E-state index in [0.717, 1.165) is 19.1 Å². The van der Waals surface area contributed by atoms with Crippen LogP contribution in [-0.2, 0) is 0 Å². The zero-order valence-corrected chi connectivity index (χ0v) is 9.13. The Morgan fingerprint density at radius 2 is 1.92 bits per heavy atom. The molecule has 1 rings (SSSR count). The highest BCUT2D eigenvalue weighted by molar-refractivity contribution is 4.76. The smallest absolute Gasteiger partial charge is 0.0139 e. The third kappa shape index (κ3) is 3.65. The van der Waals surface area contributed by atoms with Crippen molar-refractivity contribution in [3.63, 3.8) is 0 Å². The zero-order valence-electron chi connectivity index (χ0n) is 9.13. The Balaban J connectivity index is 2.34. The Morgan fingerprint density at radius 3 is 2.38 bits per heavy atom. The molecule has 0 amide bonds. The quantitative estimate of drug-likeness (QED) is 0.724. The van der Waals surface area contributed by atoms with Crippen LogP contribution in [0.15, 0.2) is 0 Å². The molecule has 0 aromatic rings. The molecule has 0 spiro atoms. The second-order valence-corrected chi connectivity index (χ2v) is 4.36. The van der Waals surface area contributed by atoms with Gasteiger partial charge in [-0.1, -0.05) is 26.2 Å². The maximum Gasteiger partial charge on any atom is 0.0139 e. The number of likely N-dealkylation sites (N-methyl/N-ethyl adjacent to an activating group) is 1. The van der Waals surface area contributed by atoms with Crippen molar-refractivity contribution in [2.24, 2.45) is 5.73 Å². The van der Waals surface area contributed by atoms with Crippen LogP contribution in [0.2, 0.25) is 0 Å². The van der Waals surface area contributed by atoms with Crippen molar-refractivity contribution in [2.45, 2.75) is 58.0 Å². The second kappa shape index (κ2) is 5.61. The fourth-order valence-electron chi connectivity index (χ4n) is 2.35. The summed E-state index contributed by atoms with van der Waals surface area (Å²) in [7, 11) is 0. The summed E-state index contributed by atoms with van der Waals surface area (Å²) in [5.41, 5.74) is 5.83. The molecule has 2 nitrogen and oxygen atoms in total. The molecule has 0 heterocycles. The van der Waals surface area contributed by atoms with E-state index in [9.17, 15) is 0 Å². The lowest BCUT2D eigenvalue weighted by Crippen LogP contribution is -2.43. The summed E-state index contributed by atoms with van der Waals surface area (Å²) < 4.78 is 0. The standard InChI is InChI=1S/C11H24N2/c1-3-13(9-10(2)12)11-7-5-4-6-8-11/h10-11H,3-9,12H2,1-2H3/t10-/m1/s1. The van der Waals surface area contributed by atoms with E-state index in [1.807, 2.05) is 0 Å². The number of hydrogen-bond acceptors (Lipinski definition) is 2. The van der Waals surface area contributed by atoms with Crippen LogP contribution in [0.25, 0.3) is 0 Å². The van der Waals surface area contributed by atoms with Gasteiger partial charge < -0.3 is 5.73 Å². The van der Waals surface area contributed by atoms with Crippen molar-refractivity contribution in [1.82, 2.24) is 4.90 Å². The van der Waals surface area contributed by atoms with Gasteiger partial charge in [-0.2, -0.15) is 0 Å². The van der Waals surface area contributed by atoms with Crippen LogP contribution < -0.4 is 5.73 Å². The first-order valence-electron chi connectivity index (χ1n) is 5.73. The van der Waals surface area contributed by atoms with Crippen molar-refractivity contribution in [1.29, 1.82) is 0 Å². The van der Waals surface area contributed by atoms with Gasteiger partial charge in [0.05, 0.1) is 0 Å². The predicted octanol–water partition coefficient (Wildman–Crippen LogP) is 1.99. The van der Waals surface area contributed by atoms with Gasteiger partial charge in [0.2, 0.25) is 0 Å². The lowest BCUT2D eigenvalue weighted by atomic mass is 9.94. The summed E-state index contributed by atoms with van der Waals surface area (Å²) in [6.45, 7) is 6.58. The molecule has 1 aliphatic carbocycles. The summed E-state index contributed by atoms with van der Waals surface area (Å²) in [4.78, 5) is 2.56. The van der Waals surface area contributed by atoms with Crippen LogP contribution in [0.3, 0.4) is 0 Å². The Hall–Kier alpha value is -0.0800. The summed E-state index contributed by atoms with van der Waals surface area (Å²) in [5, 5.41) is 0. The van der Waals surface area contributed by atoms with E-state index >= 15 is 0 Å². The maximum atomic E-state index is 5.83. The lowest BCUT2D eigenvalue weighted by Gasteiger charge is -2.34. The van der Waals surface area contributed by atoms with Crippen LogP contribution in [-0.4, -0.2) is 30.1 Å². The third-order valence-corrected chi connectivity index (χ3v) is 3.02. The normalized spacial score (nSPS) is 22.2. The van der Waals surface area contributed by atoms with Gasteiger partial charge in [-0.15, -0.1) is 0 Å². The molecule has 2 heteroatoms. The van der Waals surface area contributed by atoms with Crippen molar-refractivity contribution >= 4 is 0 Å². The molecule has 0 radical (unpaired) electrons.